The van der Waals surface area contributed by atoms with Gasteiger partial charge in [0.25, 0.3) is 5.56 Å². The molecular weight excluding hydrogens is 266 g/mol. The van der Waals surface area contributed by atoms with E-state index in [9.17, 15) is 9.90 Å². The Morgan fingerprint density at radius 3 is 3.05 bits per heavy atom. The van der Waals surface area contributed by atoms with E-state index in [1.165, 1.54) is 16.7 Å². The first-order valence-corrected chi connectivity index (χ1v) is 6.66. The van der Waals surface area contributed by atoms with Crippen molar-refractivity contribution in [2.75, 3.05) is 13.1 Å². The summed E-state index contributed by atoms with van der Waals surface area (Å²) in [5.74, 6) is 0.0574. The zero-order valence-corrected chi connectivity index (χ0v) is 11.0. The lowest BCUT2D eigenvalue weighted by atomic mass is 10.1. The van der Waals surface area contributed by atoms with Crippen LogP contribution in [0.25, 0.3) is 10.9 Å². The van der Waals surface area contributed by atoms with E-state index in [4.69, 9.17) is 11.6 Å². The summed E-state index contributed by atoms with van der Waals surface area (Å²) in [5, 5.41) is 13.4. The third kappa shape index (κ3) is 2.19. The largest absolute Gasteiger partial charge is 0.508 e. The second kappa shape index (κ2) is 4.83. The van der Waals surface area contributed by atoms with Gasteiger partial charge in [-0.15, -0.1) is 0 Å². The fourth-order valence-corrected chi connectivity index (χ4v) is 2.84. The number of hydrogen-bond acceptors (Lipinski definition) is 4. The van der Waals surface area contributed by atoms with E-state index in [0.717, 1.165) is 19.4 Å². The number of nitrogens with one attached hydrogen (secondary N) is 1. The van der Waals surface area contributed by atoms with Gasteiger partial charge in [-0.05, 0) is 49.2 Å². The number of nitrogens with zero attached hydrogens (tertiary/aromatic N) is 2. The van der Waals surface area contributed by atoms with Gasteiger partial charge in [0.1, 0.15) is 5.75 Å². The average Bonchev–Trinajstić information content (AvgIpc) is 2.41. The van der Waals surface area contributed by atoms with Gasteiger partial charge in [0, 0.05) is 6.54 Å². The van der Waals surface area contributed by atoms with Crippen molar-refractivity contribution in [1.29, 1.82) is 0 Å². The molecule has 0 aliphatic carbocycles. The molecule has 0 bridgehead atoms. The number of hydrogen-bond donors (Lipinski definition) is 2. The molecule has 2 heterocycles. The van der Waals surface area contributed by atoms with Crippen molar-refractivity contribution in [2.45, 2.75) is 18.9 Å². The van der Waals surface area contributed by atoms with Crippen LogP contribution in [-0.4, -0.2) is 27.7 Å². The summed E-state index contributed by atoms with van der Waals surface area (Å²) in [5.41, 5.74) is 0.312. The van der Waals surface area contributed by atoms with Crippen LogP contribution in [-0.2, 0) is 0 Å². The first kappa shape index (κ1) is 12.4. The van der Waals surface area contributed by atoms with Gasteiger partial charge < -0.3 is 10.4 Å². The Labute approximate surface area is 114 Å². The lowest BCUT2D eigenvalue weighted by molar-refractivity contribution is 0.363. The van der Waals surface area contributed by atoms with Crippen LogP contribution >= 0.6 is 11.6 Å². The molecule has 0 radical (unpaired) electrons. The molecule has 0 amide bonds. The van der Waals surface area contributed by atoms with Gasteiger partial charge in [0.2, 0.25) is 5.28 Å². The molecule has 1 aliphatic heterocycles. The molecule has 100 valence electrons. The summed E-state index contributed by atoms with van der Waals surface area (Å²) in [6, 6.07) is 4.56. The van der Waals surface area contributed by atoms with Crippen LogP contribution in [0.15, 0.2) is 23.0 Å². The Balaban J connectivity index is 2.21. The minimum absolute atomic E-state index is 0.0213. The zero-order valence-electron chi connectivity index (χ0n) is 10.3. The van der Waals surface area contributed by atoms with Gasteiger partial charge in [0.05, 0.1) is 16.9 Å². The highest BCUT2D eigenvalue weighted by molar-refractivity contribution is 6.28. The predicted octanol–water partition coefficient (Wildman–Crippen LogP) is 1.68. The summed E-state index contributed by atoms with van der Waals surface area (Å²) in [4.78, 5) is 16.7. The van der Waals surface area contributed by atoms with Crippen LogP contribution in [0.5, 0.6) is 5.75 Å². The van der Waals surface area contributed by atoms with Crippen LogP contribution in [0, 0.1) is 0 Å². The van der Waals surface area contributed by atoms with Gasteiger partial charge in [-0.3, -0.25) is 9.36 Å². The molecule has 19 heavy (non-hydrogen) atoms. The Bertz CT molecular complexity index is 677. The molecule has 1 unspecified atom stereocenters. The number of rotatable bonds is 1. The second-order valence-electron chi connectivity index (χ2n) is 4.76. The average molecular weight is 280 g/mol. The third-order valence-electron chi connectivity index (χ3n) is 3.48. The molecule has 2 N–H and O–H groups in total. The number of aromatic hydroxyl groups is 1. The number of fused-ring (bicyclic) bond motifs is 1. The first-order valence-electron chi connectivity index (χ1n) is 6.28. The number of phenolic OH excluding ortho intramolecular Hbond substituents is 1. The number of benzene rings is 1. The van der Waals surface area contributed by atoms with E-state index in [1.807, 2.05) is 0 Å². The quantitative estimate of drug-likeness (QED) is 0.780. The van der Waals surface area contributed by atoms with Gasteiger partial charge in [0.15, 0.2) is 0 Å². The van der Waals surface area contributed by atoms with Crippen LogP contribution < -0.4 is 10.9 Å². The molecule has 1 aliphatic rings. The third-order valence-corrected chi connectivity index (χ3v) is 3.74. The molecule has 0 spiro atoms. The van der Waals surface area contributed by atoms with Crippen molar-refractivity contribution in [3.8, 4) is 5.75 Å². The standard InChI is InChI=1S/C13H14ClN3O2/c14-13-16-11-4-3-9(18)6-10(11)12(19)17(13)8-2-1-5-15-7-8/h3-4,6,8,15,18H,1-2,5,7H2. The SMILES string of the molecule is O=c1c2cc(O)ccc2nc(Cl)n1C1CCCNC1. The molecular formula is C13H14ClN3O2. The van der Waals surface area contributed by atoms with Crippen molar-refractivity contribution in [2.24, 2.45) is 0 Å². The molecule has 1 aromatic carbocycles. The maximum absolute atomic E-state index is 12.5. The molecule has 0 saturated carbocycles. The van der Waals surface area contributed by atoms with E-state index in [2.05, 4.69) is 10.3 Å². The Hall–Kier alpha value is -1.59. The van der Waals surface area contributed by atoms with Gasteiger partial charge in [-0.1, -0.05) is 0 Å². The lowest BCUT2D eigenvalue weighted by Crippen LogP contribution is -2.37. The van der Waals surface area contributed by atoms with Crippen molar-refractivity contribution in [3.05, 3.63) is 33.8 Å². The molecule has 1 fully saturated rings. The van der Waals surface area contributed by atoms with Crippen molar-refractivity contribution >= 4 is 22.5 Å². The lowest BCUT2D eigenvalue weighted by Gasteiger charge is -2.25. The summed E-state index contributed by atoms with van der Waals surface area (Å²) in [6.07, 6.45) is 1.91. The van der Waals surface area contributed by atoms with E-state index < -0.39 is 0 Å². The topological polar surface area (TPSA) is 67.1 Å². The van der Waals surface area contributed by atoms with Gasteiger partial charge >= 0.3 is 0 Å². The highest BCUT2D eigenvalue weighted by atomic mass is 35.5. The van der Waals surface area contributed by atoms with Crippen molar-refractivity contribution in [3.63, 3.8) is 0 Å². The number of phenols is 1. The van der Waals surface area contributed by atoms with Crippen LogP contribution in [0.2, 0.25) is 5.28 Å². The molecule has 1 saturated heterocycles. The summed E-state index contributed by atoms with van der Waals surface area (Å²) in [7, 11) is 0. The fraction of sp³-hybridized carbons (Fsp3) is 0.385. The number of piperidine rings is 1. The minimum Gasteiger partial charge on any atom is -0.508 e. The first-order chi connectivity index (χ1) is 9.16. The normalized spacial score (nSPS) is 19.7. The van der Waals surface area contributed by atoms with E-state index in [0.29, 0.717) is 17.4 Å². The maximum Gasteiger partial charge on any atom is 0.262 e. The second-order valence-corrected chi connectivity index (χ2v) is 5.10. The van der Waals surface area contributed by atoms with Crippen LogP contribution in [0.3, 0.4) is 0 Å². The Kier molecular flexibility index (Phi) is 3.16. The van der Waals surface area contributed by atoms with E-state index >= 15 is 0 Å². The number of aromatic nitrogens is 2. The van der Waals surface area contributed by atoms with E-state index in [-0.39, 0.29) is 22.6 Å². The maximum atomic E-state index is 12.5. The summed E-state index contributed by atoms with van der Waals surface area (Å²) in [6.45, 7) is 1.68. The molecule has 1 aromatic heterocycles. The Morgan fingerprint density at radius 2 is 2.32 bits per heavy atom. The fourth-order valence-electron chi connectivity index (χ4n) is 2.53. The molecule has 2 aromatic rings. The predicted molar refractivity (Wildman–Crippen MR) is 73.8 cm³/mol. The van der Waals surface area contributed by atoms with Crippen LogP contribution in [0.1, 0.15) is 18.9 Å². The van der Waals surface area contributed by atoms with Gasteiger partial charge in [-0.25, -0.2) is 4.98 Å². The number of halogens is 1. The highest BCUT2D eigenvalue weighted by Gasteiger charge is 2.20. The minimum atomic E-state index is -0.195. The highest BCUT2D eigenvalue weighted by Crippen LogP contribution is 2.22. The molecule has 5 nitrogen and oxygen atoms in total. The summed E-state index contributed by atoms with van der Waals surface area (Å²) < 4.78 is 1.52. The smallest absolute Gasteiger partial charge is 0.262 e. The summed E-state index contributed by atoms with van der Waals surface area (Å²) >= 11 is 6.14. The molecule has 1 atom stereocenters. The van der Waals surface area contributed by atoms with Crippen molar-refractivity contribution < 1.29 is 5.11 Å². The monoisotopic (exact) mass is 279 g/mol. The van der Waals surface area contributed by atoms with Crippen LogP contribution in [0.4, 0.5) is 0 Å². The van der Waals surface area contributed by atoms with Gasteiger partial charge in [-0.2, -0.15) is 0 Å². The zero-order chi connectivity index (χ0) is 13.4. The van der Waals surface area contributed by atoms with E-state index in [1.54, 1.807) is 6.07 Å². The Morgan fingerprint density at radius 1 is 1.47 bits per heavy atom. The molecule has 6 heteroatoms. The van der Waals surface area contributed by atoms with Crippen molar-refractivity contribution in [1.82, 2.24) is 14.9 Å². The molecule has 3 rings (SSSR count).